The van der Waals surface area contributed by atoms with Crippen LogP contribution >= 0.6 is 0 Å². The number of imidazole rings is 1. The largest absolute Gasteiger partial charge is 0.494 e. The van der Waals surface area contributed by atoms with Crippen molar-refractivity contribution in [3.05, 3.63) is 60.0 Å². The van der Waals surface area contributed by atoms with Crippen LogP contribution in [0.2, 0.25) is 0 Å². The van der Waals surface area contributed by atoms with Crippen molar-refractivity contribution in [2.75, 3.05) is 13.2 Å². The summed E-state index contributed by atoms with van der Waals surface area (Å²) in [4.78, 5) is 0. The first-order valence-corrected chi connectivity index (χ1v) is 10.8. The summed E-state index contributed by atoms with van der Waals surface area (Å²) >= 11 is 0. The SMILES string of the molecule is CCOc1ccc(-c2c(C)n(-c3ccc(OCC)cc3)c3[n+]2CCCCC3)cc1. The molecule has 0 N–H and O–H groups in total. The predicted molar refractivity (Wildman–Crippen MR) is 116 cm³/mol. The van der Waals surface area contributed by atoms with Crippen molar-refractivity contribution in [2.45, 2.75) is 53.0 Å². The second kappa shape index (κ2) is 8.73. The van der Waals surface area contributed by atoms with Gasteiger partial charge in [-0.15, -0.1) is 0 Å². The maximum absolute atomic E-state index is 5.64. The van der Waals surface area contributed by atoms with Crippen LogP contribution in [0.15, 0.2) is 48.5 Å². The molecule has 1 aromatic heterocycles. The standard InChI is InChI=1S/C25H31N2O2/c1-4-28-22-14-10-20(11-15-22)25-19(3)27(24-9-7-6-8-18-26(24)25)21-12-16-23(17-13-21)29-5-2/h10-17H,4-9,18H2,1-3H3/q+1. The van der Waals surface area contributed by atoms with Crippen LogP contribution in [0.25, 0.3) is 16.9 Å². The molecule has 0 radical (unpaired) electrons. The van der Waals surface area contributed by atoms with Crippen molar-refractivity contribution in [3.63, 3.8) is 0 Å². The third kappa shape index (κ3) is 3.89. The maximum Gasteiger partial charge on any atom is 0.262 e. The van der Waals surface area contributed by atoms with Gasteiger partial charge in [-0.05, 0) is 81.6 Å². The fourth-order valence-electron chi connectivity index (χ4n) is 4.40. The monoisotopic (exact) mass is 391 g/mol. The molecule has 29 heavy (non-hydrogen) atoms. The molecule has 0 aliphatic carbocycles. The second-order valence-electron chi connectivity index (χ2n) is 7.53. The van der Waals surface area contributed by atoms with Gasteiger partial charge in [0.15, 0.2) is 11.4 Å². The quantitative estimate of drug-likeness (QED) is 0.536. The molecule has 152 valence electrons. The molecule has 1 aliphatic rings. The Morgan fingerprint density at radius 2 is 1.45 bits per heavy atom. The van der Waals surface area contributed by atoms with Gasteiger partial charge in [0.1, 0.15) is 17.2 Å². The van der Waals surface area contributed by atoms with E-state index in [4.69, 9.17) is 9.47 Å². The van der Waals surface area contributed by atoms with E-state index >= 15 is 0 Å². The Morgan fingerprint density at radius 1 is 0.828 bits per heavy atom. The summed E-state index contributed by atoms with van der Waals surface area (Å²) in [5.74, 6) is 3.25. The number of benzene rings is 2. The Hall–Kier alpha value is -2.75. The van der Waals surface area contributed by atoms with E-state index < -0.39 is 0 Å². The molecule has 3 aromatic rings. The molecule has 0 bridgehead atoms. The molecular formula is C25H31N2O2+. The van der Waals surface area contributed by atoms with Gasteiger partial charge in [0.2, 0.25) is 0 Å². The van der Waals surface area contributed by atoms with Crippen molar-refractivity contribution >= 4 is 0 Å². The Balaban J connectivity index is 1.82. The van der Waals surface area contributed by atoms with E-state index in [1.54, 1.807) is 0 Å². The van der Waals surface area contributed by atoms with Crippen LogP contribution in [0.4, 0.5) is 0 Å². The Morgan fingerprint density at radius 3 is 2.07 bits per heavy atom. The van der Waals surface area contributed by atoms with Crippen LogP contribution < -0.4 is 14.0 Å². The zero-order valence-corrected chi connectivity index (χ0v) is 17.8. The molecule has 0 amide bonds. The van der Waals surface area contributed by atoms with Crippen molar-refractivity contribution in [3.8, 4) is 28.4 Å². The highest BCUT2D eigenvalue weighted by atomic mass is 16.5. The minimum atomic E-state index is 0.690. The lowest BCUT2D eigenvalue weighted by Crippen LogP contribution is -2.38. The lowest BCUT2D eigenvalue weighted by molar-refractivity contribution is -0.692. The molecule has 4 heteroatoms. The van der Waals surface area contributed by atoms with Crippen LogP contribution in [0, 0.1) is 6.92 Å². The van der Waals surface area contributed by atoms with E-state index in [1.165, 1.54) is 47.7 Å². The number of hydrogen-bond acceptors (Lipinski definition) is 2. The smallest absolute Gasteiger partial charge is 0.262 e. The van der Waals surface area contributed by atoms with E-state index in [0.717, 1.165) is 24.5 Å². The minimum absolute atomic E-state index is 0.690. The molecule has 4 nitrogen and oxygen atoms in total. The fraction of sp³-hybridized carbons (Fsp3) is 0.400. The highest BCUT2D eigenvalue weighted by Gasteiger charge is 2.31. The summed E-state index contributed by atoms with van der Waals surface area (Å²) in [6.07, 6.45) is 4.86. The first-order chi connectivity index (χ1) is 14.2. The number of ether oxygens (including phenoxy) is 2. The van der Waals surface area contributed by atoms with Crippen molar-refractivity contribution < 1.29 is 14.0 Å². The van der Waals surface area contributed by atoms with Gasteiger partial charge in [0.05, 0.1) is 19.8 Å². The molecule has 2 aromatic carbocycles. The van der Waals surface area contributed by atoms with Crippen LogP contribution in [0.5, 0.6) is 11.5 Å². The van der Waals surface area contributed by atoms with Crippen LogP contribution in [0.3, 0.4) is 0 Å². The number of aromatic nitrogens is 2. The molecule has 0 fully saturated rings. The maximum atomic E-state index is 5.64. The normalized spacial score (nSPS) is 13.6. The van der Waals surface area contributed by atoms with E-state index in [2.05, 4.69) is 64.6 Å². The average molecular weight is 392 g/mol. The lowest BCUT2D eigenvalue weighted by atomic mass is 10.1. The van der Waals surface area contributed by atoms with Gasteiger partial charge in [0.25, 0.3) is 5.82 Å². The Bertz CT molecular complexity index is 879. The molecule has 0 atom stereocenters. The third-order valence-corrected chi connectivity index (χ3v) is 5.64. The molecule has 1 aliphatic heterocycles. The van der Waals surface area contributed by atoms with Crippen LogP contribution in [-0.4, -0.2) is 17.8 Å². The zero-order valence-electron chi connectivity index (χ0n) is 17.8. The first kappa shape index (κ1) is 19.6. The summed E-state index contributed by atoms with van der Waals surface area (Å²) in [6.45, 7) is 8.73. The van der Waals surface area contributed by atoms with E-state index in [0.29, 0.717) is 13.2 Å². The van der Waals surface area contributed by atoms with Crippen LogP contribution in [-0.2, 0) is 13.0 Å². The summed E-state index contributed by atoms with van der Waals surface area (Å²) in [6, 6.07) is 17.0. The van der Waals surface area contributed by atoms with Crippen molar-refractivity contribution in [1.82, 2.24) is 4.57 Å². The van der Waals surface area contributed by atoms with Gasteiger partial charge in [-0.3, -0.25) is 0 Å². The summed E-state index contributed by atoms with van der Waals surface area (Å²) in [5, 5.41) is 0. The number of fused-ring (bicyclic) bond motifs is 1. The van der Waals surface area contributed by atoms with Crippen molar-refractivity contribution in [2.24, 2.45) is 0 Å². The van der Waals surface area contributed by atoms with Gasteiger partial charge in [-0.1, -0.05) is 0 Å². The summed E-state index contributed by atoms with van der Waals surface area (Å²) in [7, 11) is 0. The van der Waals surface area contributed by atoms with Gasteiger partial charge >= 0.3 is 0 Å². The summed E-state index contributed by atoms with van der Waals surface area (Å²) < 4.78 is 16.3. The van der Waals surface area contributed by atoms with Gasteiger partial charge in [-0.2, -0.15) is 4.57 Å². The first-order valence-electron chi connectivity index (χ1n) is 10.8. The second-order valence-corrected chi connectivity index (χ2v) is 7.53. The topological polar surface area (TPSA) is 27.3 Å². The summed E-state index contributed by atoms with van der Waals surface area (Å²) in [5.41, 5.74) is 5.06. The third-order valence-electron chi connectivity index (χ3n) is 5.64. The zero-order chi connectivity index (χ0) is 20.2. The highest BCUT2D eigenvalue weighted by molar-refractivity contribution is 5.61. The Labute approximate surface area is 173 Å². The van der Waals surface area contributed by atoms with E-state index in [9.17, 15) is 0 Å². The van der Waals surface area contributed by atoms with Gasteiger partial charge in [-0.25, -0.2) is 4.57 Å². The highest BCUT2D eigenvalue weighted by Crippen LogP contribution is 2.29. The van der Waals surface area contributed by atoms with Crippen LogP contribution in [0.1, 0.15) is 44.6 Å². The molecule has 2 heterocycles. The van der Waals surface area contributed by atoms with E-state index in [-0.39, 0.29) is 0 Å². The predicted octanol–water partition coefficient (Wildman–Crippen LogP) is 5.26. The number of rotatable bonds is 6. The molecular weight excluding hydrogens is 360 g/mol. The molecule has 0 saturated carbocycles. The van der Waals surface area contributed by atoms with E-state index in [1.807, 2.05) is 13.8 Å². The molecule has 0 saturated heterocycles. The number of nitrogens with zero attached hydrogens (tertiary/aromatic N) is 2. The molecule has 0 spiro atoms. The Kier molecular flexibility index (Phi) is 5.89. The number of hydrogen-bond donors (Lipinski definition) is 0. The van der Waals surface area contributed by atoms with Gasteiger partial charge < -0.3 is 9.47 Å². The molecule has 4 rings (SSSR count). The lowest BCUT2D eigenvalue weighted by Gasteiger charge is -2.06. The molecule has 0 unspecified atom stereocenters. The minimum Gasteiger partial charge on any atom is -0.494 e. The van der Waals surface area contributed by atoms with Crippen molar-refractivity contribution in [1.29, 1.82) is 0 Å². The van der Waals surface area contributed by atoms with Gasteiger partial charge in [0, 0.05) is 18.9 Å². The fourth-order valence-corrected chi connectivity index (χ4v) is 4.40. The average Bonchev–Trinajstić information content (AvgIpc) is 2.86.